The Balaban J connectivity index is 1.91. The summed E-state index contributed by atoms with van der Waals surface area (Å²) in [5, 5.41) is 0.832. The van der Waals surface area contributed by atoms with E-state index < -0.39 is 5.41 Å². The molecular formula is C17H19Cl2NO2. The van der Waals surface area contributed by atoms with Crippen LogP contribution in [0.5, 0.6) is 0 Å². The fourth-order valence-electron chi connectivity index (χ4n) is 3.28. The van der Waals surface area contributed by atoms with E-state index >= 15 is 0 Å². The smallest absolute Gasteiger partial charge is 0.256 e. The van der Waals surface area contributed by atoms with Gasteiger partial charge in [-0.2, -0.15) is 0 Å². The first-order valence-electron chi connectivity index (χ1n) is 7.52. The summed E-state index contributed by atoms with van der Waals surface area (Å²) in [5.41, 5.74) is -0.0330. The van der Waals surface area contributed by atoms with Gasteiger partial charge in [-0.3, -0.25) is 9.59 Å². The van der Waals surface area contributed by atoms with E-state index in [1.54, 1.807) is 23.1 Å². The van der Waals surface area contributed by atoms with Crippen molar-refractivity contribution in [2.75, 3.05) is 0 Å². The number of nitrogens with zero attached hydrogens (tertiary/aromatic N) is 1. The fraction of sp³-hybridized carbons (Fsp3) is 0.529. The minimum Gasteiger partial charge on any atom is -0.325 e. The lowest BCUT2D eigenvalue weighted by Crippen LogP contribution is -2.47. The minimum atomic E-state index is -0.455. The summed E-state index contributed by atoms with van der Waals surface area (Å²) in [4.78, 5) is 27.3. The van der Waals surface area contributed by atoms with Gasteiger partial charge in [-0.15, -0.1) is 0 Å². The van der Waals surface area contributed by atoms with Crippen molar-refractivity contribution in [3.8, 4) is 0 Å². The summed E-state index contributed by atoms with van der Waals surface area (Å²) in [5.74, 6) is 0.429. The average Bonchev–Trinajstić information content (AvgIpc) is 3.07. The summed E-state index contributed by atoms with van der Waals surface area (Å²) in [6.07, 6.45) is 1.77. The molecule has 1 aromatic rings. The number of hydrogen-bond acceptors (Lipinski definition) is 2. The maximum atomic E-state index is 12.9. The number of ketones is 1. The van der Waals surface area contributed by atoms with Crippen molar-refractivity contribution >= 4 is 34.9 Å². The van der Waals surface area contributed by atoms with Crippen molar-refractivity contribution in [3.63, 3.8) is 0 Å². The number of hydrogen-bond donors (Lipinski definition) is 0. The number of fused-ring (bicyclic) bond motifs is 1. The summed E-state index contributed by atoms with van der Waals surface area (Å²) < 4.78 is 0. The molecule has 0 unspecified atom stereocenters. The van der Waals surface area contributed by atoms with Crippen LogP contribution in [0.25, 0.3) is 0 Å². The Morgan fingerprint density at radius 3 is 2.45 bits per heavy atom. The molecule has 0 N–H and O–H groups in total. The second-order valence-electron chi connectivity index (χ2n) is 7.27. The van der Waals surface area contributed by atoms with Gasteiger partial charge >= 0.3 is 0 Å². The highest BCUT2D eigenvalue weighted by atomic mass is 35.5. The molecule has 1 heterocycles. The average molecular weight is 340 g/mol. The molecule has 22 heavy (non-hydrogen) atoms. The molecule has 2 aliphatic rings. The lowest BCUT2D eigenvalue weighted by molar-refractivity contribution is -0.130. The molecule has 1 aliphatic heterocycles. The zero-order chi connectivity index (χ0) is 16.2. The minimum absolute atomic E-state index is 0.123. The van der Waals surface area contributed by atoms with Crippen LogP contribution in [0.4, 0.5) is 0 Å². The van der Waals surface area contributed by atoms with E-state index in [9.17, 15) is 9.59 Å². The normalized spacial score (nSPS) is 26.8. The van der Waals surface area contributed by atoms with Crippen LogP contribution in [-0.2, 0) is 4.79 Å². The van der Waals surface area contributed by atoms with Crippen molar-refractivity contribution in [1.29, 1.82) is 0 Å². The number of likely N-dealkylation sites (tertiary alicyclic amines) is 1. The predicted molar refractivity (Wildman–Crippen MR) is 87.4 cm³/mol. The van der Waals surface area contributed by atoms with Crippen LogP contribution in [0.1, 0.15) is 44.0 Å². The van der Waals surface area contributed by atoms with Gasteiger partial charge in [-0.25, -0.2) is 0 Å². The van der Waals surface area contributed by atoms with Gasteiger partial charge in [0.05, 0.1) is 16.6 Å². The van der Waals surface area contributed by atoms with Gasteiger partial charge in [0.25, 0.3) is 5.91 Å². The first-order valence-corrected chi connectivity index (χ1v) is 8.28. The third-order valence-electron chi connectivity index (χ3n) is 4.54. The third-order valence-corrected chi connectivity index (χ3v) is 5.09. The van der Waals surface area contributed by atoms with E-state index in [0.29, 0.717) is 21.5 Å². The van der Waals surface area contributed by atoms with E-state index in [4.69, 9.17) is 23.2 Å². The molecule has 3 atom stereocenters. The van der Waals surface area contributed by atoms with Crippen LogP contribution in [0.2, 0.25) is 10.0 Å². The molecule has 3 rings (SSSR count). The summed E-state index contributed by atoms with van der Waals surface area (Å²) >= 11 is 12.1. The number of piperidine rings is 1. The molecule has 0 radical (unpaired) electrons. The number of benzene rings is 1. The van der Waals surface area contributed by atoms with E-state index in [1.165, 1.54) is 0 Å². The molecule has 1 aliphatic carbocycles. The maximum Gasteiger partial charge on any atom is 0.256 e. The molecule has 1 aromatic carbocycles. The number of carbonyl (C=O) groups excluding carboxylic acids is 2. The quantitative estimate of drug-likeness (QED) is 0.809. The Morgan fingerprint density at radius 1 is 1.18 bits per heavy atom. The first-order chi connectivity index (χ1) is 10.2. The molecule has 118 valence electrons. The largest absolute Gasteiger partial charge is 0.325 e. The highest BCUT2D eigenvalue weighted by Crippen LogP contribution is 2.50. The number of rotatable bonds is 2. The number of amides is 1. The highest BCUT2D eigenvalue weighted by Gasteiger charge is 2.57. The lowest BCUT2D eigenvalue weighted by Gasteiger charge is -2.31. The standard InChI is InChI=1S/C17H19Cl2NO2/c1-17(2,3)15(21)14-7-9-6-13(9)20(14)16(22)11-5-4-10(18)8-12(11)19/h4-5,8-9,13-14H,6-7H2,1-3H3/t9-,13-,14-/m0/s1. The molecule has 2 fully saturated rings. The Kier molecular flexibility index (Phi) is 3.77. The van der Waals surface area contributed by atoms with E-state index in [0.717, 1.165) is 12.8 Å². The van der Waals surface area contributed by atoms with Crippen LogP contribution >= 0.6 is 23.2 Å². The number of carbonyl (C=O) groups is 2. The summed E-state index contributed by atoms with van der Waals surface area (Å²) in [6, 6.07) is 4.72. The van der Waals surface area contributed by atoms with Crippen LogP contribution in [-0.4, -0.2) is 28.7 Å². The molecule has 1 saturated heterocycles. The van der Waals surface area contributed by atoms with Gasteiger partial charge in [-0.05, 0) is 37.0 Å². The molecule has 5 heteroatoms. The SMILES string of the molecule is CC(C)(C)C(=O)[C@@H]1C[C@@H]2C[C@@H]2N1C(=O)c1ccc(Cl)cc1Cl. The van der Waals surface area contributed by atoms with Gasteiger partial charge in [-0.1, -0.05) is 44.0 Å². The summed E-state index contributed by atoms with van der Waals surface area (Å²) in [7, 11) is 0. The molecular weight excluding hydrogens is 321 g/mol. The second kappa shape index (κ2) is 5.24. The molecule has 0 bridgehead atoms. The molecule has 1 saturated carbocycles. The fourth-order valence-corrected chi connectivity index (χ4v) is 3.77. The van der Waals surface area contributed by atoms with E-state index in [1.807, 2.05) is 20.8 Å². The van der Waals surface area contributed by atoms with Crippen LogP contribution in [0.15, 0.2) is 18.2 Å². The molecule has 0 aromatic heterocycles. The topological polar surface area (TPSA) is 37.4 Å². The van der Waals surface area contributed by atoms with E-state index in [-0.39, 0.29) is 23.8 Å². The Labute approximate surface area is 140 Å². The lowest BCUT2D eigenvalue weighted by atomic mass is 9.85. The molecule has 3 nitrogen and oxygen atoms in total. The predicted octanol–water partition coefficient (Wildman–Crippen LogP) is 4.21. The Bertz CT molecular complexity index is 651. The van der Waals surface area contributed by atoms with Crippen molar-refractivity contribution in [2.24, 2.45) is 11.3 Å². The van der Waals surface area contributed by atoms with Crippen molar-refractivity contribution < 1.29 is 9.59 Å². The van der Waals surface area contributed by atoms with E-state index in [2.05, 4.69) is 0 Å². The zero-order valence-corrected chi connectivity index (χ0v) is 14.4. The van der Waals surface area contributed by atoms with Gasteiger partial charge < -0.3 is 4.90 Å². The maximum absolute atomic E-state index is 12.9. The molecule has 0 spiro atoms. The highest BCUT2D eigenvalue weighted by molar-refractivity contribution is 6.36. The van der Waals surface area contributed by atoms with Crippen molar-refractivity contribution in [1.82, 2.24) is 4.90 Å². The van der Waals surface area contributed by atoms with Gasteiger partial charge in [0.1, 0.15) is 0 Å². The Hall–Kier alpha value is -1.06. The third kappa shape index (κ3) is 2.65. The van der Waals surface area contributed by atoms with Crippen molar-refractivity contribution in [3.05, 3.63) is 33.8 Å². The zero-order valence-electron chi connectivity index (χ0n) is 12.9. The summed E-state index contributed by atoms with van der Waals surface area (Å²) in [6.45, 7) is 5.70. The Morgan fingerprint density at radius 2 is 1.86 bits per heavy atom. The van der Waals surface area contributed by atoms with Crippen molar-refractivity contribution in [2.45, 2.75) is 45.7 Å². The van der Waals surface area contributed by atoms with Crippen LogP contribution < -0.4 is 0 Å². The molecule has 1 amide bonds. The number of halogens is 2. The number of Topliss-reactive ketones (excluding diaryl/α,β-unsaturated/α-hetero) is 1. The second-order valence-corrected chi connectivity index (χ2v) is 8.11. The van der Waals surface area contributed by atoms with Gasteiger partial charge in [0.2, 0.25) is 0 Å². The van der Waals surface area contributed by atoms with Gasteiger partial charge in [0, 0.05) is 16.5 Å². The van der Waals surface area contributed by atoms with Crippen LogP contribution in [0.3, 0.4) is 0 Å². The first kappa shape index (κ1) is 15.8. The van der Waals surface area contributed by atoms with Crippen LogP contribution in [0, 0.1) is 11.3 Å². The van der Waals surface area contributed by atoms with Gasteiger partial charge in [0.15, 0.2) is 5.78 Å². The monoisotopic (exact) mass is 339 g/mol.